The third kappa shape index (κ3) is 1.87. The Bertz CT molecular complexity index is 431. The van der Waals surface area contributed by atoms with E-state index in [-0.39, 0.29) is 10.9 Å². The van der Waals surface area contributed by atoms with Gasteiger partial charge in [-0.3, -0.25) is 9.69 Å². The van der Waals surface area contributed by atoms with Gasteiger partial charge in [-0.2, -0.15) is 0 Å². The quantitative estimate of drug-likeness (QED) is 0.613. The largest absolute Gasteiger partial charge is 0.315 e. The van der Waals surface area contributed by atoms with E-state index >= 15 is 0 Å². The number of nitrogens with zero attached hydrogens (tertiary/aromatic N) is 2. The number of likely N-dealkylation sites (N-methyl/N-ethyl adjacent to an activating group) is 1. The smallest absolute Gasteiger partial charge is 0.231 e. The minimum atomic E-state index is 0.170. The predicted molar refractivity (Wildman–Crippen MR) is 68.9 cm³/mol. The molecule has 16 heavy (non-hydrogen) atoms. The van der Waals surface area contributed by atoms with Gasteiger partial charge >= 0.3 is 0 Å². The summed E-state index contributed by atoms with van der Waals surface area (Å²) in [6.45, 7) is 0. The molecule has 1 heterocycles. The molecule has 0 bridgehead atoms. The molecule has 1 aromatic rings. The fraction of sp³-hybridized carbons (Fsp3) is 0.417. The molecule has 1 atom stereocenters. The van der Waals surface area contributed by atoms with Crippen molar-refractivity contribution in [2.75, 3.05) is 26.0 Å². The number of hydrogen-bond donors (Lipinski definition) is 0. The second-order valence-electron chi connectivity index (χ2n) is 4.32. The molecule has 0 spiro atoms. The molecule has 1 amide bonds. The maximum atomic E-state index is 11.5. The van der Waals surface area contributed by atoms with Crippen molar-refractivity contribution in [3.8, 4) is 0 Å². The van der Waals surface area contributed by atoms with Crippen LogP contribution in [-0.2, 0) is 11.2 Å². The third-order valence-corrected chi connectivity index (χ3v) is 4.26. The Morgan fingerprint density at radius 3 is 2.75 bits per heavy atom. The fourth-order valence-electron chi connectivity index (χ4n) is 1.94. The number of fused-ring (bicyclic) bond motifs is 1. The van der Waals surface area contributed by atoms with Gasteiger partial charge in [-0.25, -0.2) is 0 Å². The summed E-state index contributed by atoms with van der Waals surface area (Å²) in [6, 6.07) is 6.19. The zero-order chi connectivity index (χ0) is 11.9. The van der Waals surface area contributed by atoms with E-state index in [0.717, 1.165) is 11.3 Å². The van der Waals surface area contributed by atoms with Gasteiger partial charge in [0.25, 0.3) is 0 Å². The molecule has 0 saturated heterocycles. The minimum absolute atomic E-state index is 0.170. The molecule has 0 N–H and O–H groups in total. The van der Waals surface area contributed by atoms with Gasteiger partial charge < -0.3 is 4.90 Å². The number of rotatable bonds is 2. The summed E-state index contributed by atoms with van der Waals surface area (Å²) in [6.07, 6.45) is 0.521. The first-order chi connectivity index (χ1) is 7.50. The van der Waals surface area contributed by atoms with E-state index in [2.05, 4.69) is 33.0 Å². The lowest BCUT2D eigenvalue weighted by Crippen LogP contribution is -2.20. The first kappa shape index (κ1) is 11.6. The Labute approximate surface area is 104 Å². The molecule has 0 radical (unpaired) electrons. The van der Waals surface area contributed by atoms with Gasteiger partial charge in [-0.15, -0.1) is 0 Å². The highest BCUT2D eigenvalue weighted by molar-refractivity contribution is 9.09. The number of halogens is 1. The average molecular weight is 283 g/mol. The van der Waals surface area contributed by atoms with Crippen LogP contribution in [0.4, 0.5) is 5.69 Å². The zero-order valence-electron chi connectivity index (χ0n) is 9.70. The lowest BCUT2D eigenvalue weighted by molar-refractivity contribution is -0.117. The number of amides is 1. The summed E-state index contributed by atoms with van der Waals surface area (Å²) in [5.41, 5.74) is 3.34. The number of benzene rings is 1. The standard InChI is InChI=1S/C12H15BrN2O/c1-14(2)12(13)8-4-5-10-9(6-8)7-11(16)15(10)3/h4-6,12H,7H2,1-3H3. The molecule has 0 saturated carbocycles. The van der Waals surface area contributed by atoms with Crippen molar-refractivity contribution in [3.05, 3.63) is 29.3 Å². The highest BCUT2D eigenvalue weighted by Gasteiger charge is 2.24. The Balaban J connectivity index is 2.35. The SMILES string of the molecule is CN1C(=O)Cc2cc(C(Br)N(C)C)ccc21. The summed E-state index contributed by atoms with van der Waals surface area (Å²) in [5.74, 6) is 0.170. The van der Waals surface area contributed by atoms with Crippen molar-refractivity contribution in [3.63, 3.8) is 0 Å². The van der Waals surface area contributed by atoms with Crippen LogP contribution < -0.4 is 4.90 Å². The van der Waals surface area contributed by atoms with Crippen molar-refractivity contribution in [2.45, 2.75) is 11.4 Å². The number of hydrogen-bond acceptors (Lipinski definition) is 2. The van der Waals surface area contributed by atoms with E-state index in [9.17, 15) is 4.79 Å². The molecule has 1 unspecified atom stereocenters. The summed E-state index contributed by atoms with van der Waals surface area (Å²) in [7, 11) is 5.86. The molecular formula is C12H15BrN2O. The molecule has 86 valence electrons. The van der Waals surface area contributed by atoms with Crippen molar-refractivity contribution in [2.24, 2.45) is 0 Å². The normalized spacial score (nSPS) is 16.8. The minimum Gasteiger partial charge on any atom is -0.315 e. The maximum absolute atomic E-state index is 11.5. The number of alkyl halides is 1. The summed E-state index contributed by atoms with van der Waals surface area (Å²) in [4.78, 5) is 15.5. The van der Waals surface area contributed by atoms with E-state index in [1.807, 2.05) is 27.2 Å². The molecule has 1 aliphatic heterocycles. The van der Waals surface area contributed by atoms with Gasteiger partial charge in [0.15, 0.2) is 0 Å². The van der Waals surface area contributed by atoms with Gasteiger partial charge in [0.1, 0.15) is 0 Å². The summed E-state index contributed by atoms with van der Waals surface area (Å²) in [5, 5.41) is 0. The van der Waals surface area contributed by atoms with Crippen LogP contribution in [0.15, 0.2) is 18.2 Å². The summed E-state index contributed by atoms with van der Waals surface area (Å²) >= 11 is 3.62. The summed E-state index contributed by atoms with van der Waals surface area (Å²) < 4.78 is 0. The molecule has 1 aliphatic rings. The van der Waals surface area contributed by atoms with Crippen molar-refractivity contribution < 1.29 is 4.79 Å². The monoisotopic (exact) mass is 282 g/mol. The fourth-order valence-corrected chi connectivity index (χ4v) is 2.22. The van der Waals surface area contributed by atoms with E-state index in [0.29, 0.717) is 6.42 Å². The molecule has 1 aromatic carbocycles. The molecule has 3 nitrogen and oxygen atoms in total. The van der Waals surface area contributed by atoms with Crippen molar-refractivity contribution in [1.29, 1.82) is 0 Å². The highest BCUT2D eigenvalue weighted by atomic mass is 79.9. The van der Waals surface area contributed by atoms with E-state index < -0.39 is 0 Å². The Hall–Kier alpha value is -0.870. The Morgan fingerprint density at radius 1 is 1.44 bits per heavy atom. The number of carbonyl (C=O) groups excluding carboxylic acids is 1. The van der Waals surface area contributed by atoms with Crippen molar-refractivity contribution in [1.82, 2.24) is 4.90 Å². The lowest BCUT2D eigenvalue weighted by atomic mass is 10.1. The van der Waals surface area contributed by atoms with Gasteiger partial charge in [-0.05, 0) is 31.3 Å². The Kier molecular flexibility index (Phi) is 3.04. The van der Waals surface area contributed by atoms with Crippen molar-refractivity contribution >= 4 is 27.5 Å². The molecule has 0 fully saturated rings. The third-order valence-electron chi connectivity index (χ3n) is 2.91. The predicted octanol–water partition coefficient (Wildman–Crippen LogP) is 2.16. The van der Waals surface area contributed by atoms with Gasteiger partial charge in [0, 0.05) is 12.7 Å². The van der Waals surface area contributed by atoms with Crippen LogP contribution in [0, 0.1) is 0 Å². The van der Waals surface area contributed by atoms with Crippen LogP contribution in [0.25, 0.3) is 0 Å². The average Bonchev–Trinajstić information content (AvgIpc) is 2.53. The first-order valence-electron chi connectivity index (χ1n) is 5.20. The van der Waals surface area contributed by atoms with Crippen LogP contribution in [0.1, 0.15) is 16.1 Å². The van der Waals surface area contributed by atoms with Crippen LogP contribution >= 0.6 is 15.9 Å². The van der Waals surface area contributed by atoms with Crippen LogP contribution in [0.3, 0.4) is 0 Å². The second kappa shape index (κ2) is 4.18. The van der Waals surface area contributed by atoms with Gasteiger partial charge in [0.2, 0.25) is 5.91 Å². The van der Waals surface area contributed by atoms with E-state index in [1.54, 1.807) is 4.90 Å². The van der Waals surface area contributed by atoms with E-state index in [4.69, 9.17) is 0 Å². The molecule has 0 aliphatic carbocycles. The second-order valence-corrected chi connectivity index (χ2v) is 5.18. The van der Waals surface area contributed by atoms with E-state index in [1.165, 1.54) is 5.56 Å². The Morgan fingerprint density at radius 2 is 2.12 bits per heavy atom. The number of anilines is 1. The lowest BCUT2D eigenvalue weighted by Gasteiger charge is -2.19. The first-order valence-corrected chi connectivity index (χ1v) is 6.12. The van der Waals surface area contributed by atoms with Gasteiger partial charge in [0.05, 0.1) is 11.4 Å². The molecule has 2 rings (SSSR count). The highest BCUT2D eigenvalue weighted by Crippen LogP contribution is 2.33. The maximum Gasteiger partial charge on any atom is 0.231 e. The zero-order valence-corrected chi connectivity index (χ0v) is 11.3. The van der Waals surface area contributed by atoms with Crippen LogP contribution in [-0.4, -0.2) is 32.0 Å². The van der Waals surface area contributed by atoms with Gasteiger partial charge in [-0.1, -0.05) is 28.1 Å². The van der Waals surface area contributed by atoms with Crippen LogP contribution in [0.2, 0.25) is 0 Å². The molecule has 4 heteroatoms. The van der Waals surface area contributed by atoms with Crippen LogP contribution in [0.5, 0.6) is 0 Å². The number of carbonyl (C=O) groups is 1. The topological polar surface area (TPSA) is 23.6 Å². The molecular weight excluding hydrogens is 268 g/mol. The molecule has 0 aromatic heterocycles.